The molecule has 3 aliphatic rings. The van der Waals surface area contributed by atoms with Gasteiger partial charge < -0.3 is 34.9 Å². The third kappa shape index (κ3) is 5.78. The van der Waals surface area contributed by atoms with Gasteiger partial charge in [0.1, 0.15) is 24.6 Å². The number of hydrogen-bond acceptors (Lipinski definition) is 6. The molecule has 44 heavy (non-hydrogen) atoms. The largest absolute Gasteiger partial charge is 0.487 e. The van der Waals surface area contributed by atoms with Crippen molar-refractivity contribution in [3.8, 4) is 17.6 Å². The molecule has 1 aliphatic carbocycles. The molecule has 1 saturated heterocycles. The highest BCUT2D eigenvalue weighted by Crippen LogP contribution is 2.61. The zero-order chi connectivity index (χ0) is 31.2. The van der Waals surface area contributed by atoms with Crippen LogP contribution in [0.15, 0.2) is 36.4 Å². The lowest BCUT2D eigenvalue weighted by molar-refractivity contribution is -0.140. The fourth-order valence-electron chi connectivity index (χ4n) is 6.49. The SMILES string of the molecule is CNC(=O)c1ccc(NCC#Cc2cc3c(N[C@@H]4CCN(C)C[C@@H]4F)cccc3n2CC(F)(F)F)c2c1C1C(COC)C1O2. The fourth-order valence-corrected chi connectivity index (χ4v) is 6.49. The Morgan fingerprint density at radius 1 is 1.20 bits per heavy atom. The molecule has 3 unspecified atom stereocenters. The lowest BCUT2D eigenvalue weighted by Gasteiger charge is -2.33. The Morgan fingerprint density at radius 2 is 2.02 bits per heavy atom. The number of rotatable bonds is 8. The number of ether oxygens (including phenoxy) is 2. The van der Waals surface area contributed by atoms with Crippen molar-refractivity contribution >= 4 is 28.2 Å². The summed E-state index contributed by atoms with van der Waals surface area (Å²) >= 11 is 0. The second-order valence-electron chi connectivity index (χ2n) is 11.7. The van der Waals surface area contributed by atoms with E-state index in [0.717, 1.165) is 16.7 Å². The van der Waals surface area contributed by atoms with Crippen molar-refractivity contribution in [1.82, 2.24) is 14.8 Å². The Kier molecular flexibility index (Phi) is 8.11. The van der Waals surface area contributed by atoms with Gasteiger partial charge in [-0.2, -0.15) is 13.2 Å². The molecule has 5 atom stereocenters. The third-order valence-corrected chi connectivity index (χ3v) is 8.66. The first-order valence-electron chi connectivity index (χ1n) is 14.6. The fraction of sp³-hybridized carbons (Fsp3) is 0.469. The molecule has 0 bridgehead atoms. The number of piperidine rings is 1. The van der Waals surface area contributed by atoms with E-state index in [0.29, 0.717) is 53.2 Å². The number of benzene rings is 2. The Labute approximate surface area is 253 Å². The molecule has 1 saturated carbocycles. The van der Waals surface area contributed by atoms with Crippen molar-refractivity contribution in [3.05, 3.63) is 53.2 Å². The van der Waals surface area contributed by atoms with Gasteiger partial charge >= 0.3 is 6.18 Å². The van der Waals surface area contributed by atoms with Gasteiger partial charge in [-0.25, -0.2) is 4.39 Å². The molecular weight excluding hydrogens is 578 g/mol. The van der Waals surface area contributed by atoms with Crippen LogP contribution >= 0.6 is 0 Å². The number of likely N-dealkylation sites (tertiary alicyclic amines) is 1. The number of hydrogen-bond donors (Lipinski definition) is 3. The van der Waals surface area contributed by atoms with E-state index in [2.05, 4.69) is 27.8 Å². The van der Waals surface area contributed by atoms with Crippen LogP contribution in [0.3, 0.4) is 0 Å². The molecule has 0 radical (unpaired) electrons. The number of amides is 1. The van der Waals surface area contributed by atoms with Gasteiger partial charge in [0.25, 0.3) is 5.91 Å². The average molecular weight is 614 g/mol. The van der Waals surface area contributed by atoms with Crippen LogP contribution in [0.2, 0.25) is 0 Å². The molecule has 6 rings (SSSR count). The number of nitrogens with zero attached hydrogens (tertiary/aromatic N) is 2. The Balaban J connectivity index is 1.25. The minimum absolute atomic E-state index is 0.0631. The zero-order valence-electron chi connectivity index (χ0n) is 24.7. The minimum Gasteiger partial charge on any atom is -0.487 e. The van der Waals surface area contributed by atoms with E-state index >= 15 is 0 Å². The maximum Gasteiger partial charge on any atom is 0.406 e. The number of halogens is 4. The van der Waals surface area contributed by atoms with E-state index in [1.165, 1.54) is 0 Å². The molecule has 12 heteroatoms. The van der Waals surface area contributed by atoms with E-state index < -0.39 is 24.9 Å². The maximum absolute atomic E-state index is 14.8. The molecule has 3 aromatic rings. The van der Waals surface area contributed by atoms with Crippen LogP contribution in [-0.4, -0.2) is 87.3 Å². The lowest BCUT2D eigenvalue weighted by atomic mass is 9.99. The second kappa shape index (κ2) is 11.9. The Bertz CT molecular complexity index is 1630. The number of carbonyl (C=O) groups excluding carboxylic acids is 1. The number of anilines is 2. The summed E-state index contributed by atoms with van der Waals surface area (Å²) in [5, 5.41) is 9.68. The topological polar surface area (TPSA) is 79.8 Å². The summed E-state index contributed by atoms with van der Waals surface area (Å²) < 4.78 is 68.4. The van der Waals surface area contributed by atoms with Gasteiger partial charge in [-0.3, -0.25) is 4.79 Å². The highest BCUT2D eigenvalue weighted by molar-refractivity contribution is 5.98. The van der Waals surface area contributed by atoms with Gasteiger partial charge in [0.15, 0.2) is 0 Å². The van der Waals surface area contributed by atoms with Crippen molar-refractivity contribution in [3.63, 3.8) is 0 Å². The summed E-state index contributed by atoms with van der Waals surface area (Å²) in [6.45, 7) is 0.477. The van der Waals surface area contributed by atoms with Crippen molar-refractivity contribution < 1.29 is 31.8 Å². The highest BCUT2D eigenvalue weighted by Gasteiger charge is 2.60. The molecule has 3 N–H and O–H groups in total. The average Bonchev–Trinajstić information content (AvgIpc) is 3.30. The van der Waals surface area contributed by atoms with Crippen LogP contribution in [0.1, 0.15) is 34.0 Å². The summed E-state index contributed by atoms with van der Waals surface area (Å²) in [5.41, 5.74) is 3.19. The van der Waals surface area contributed by atoms with Crippen LogP contribution in [-0.2, 0) is 11.3 Å². The molecule has 2 aromatic carbocycles. The Morgan fingerprint density at radius 3 is 2.75 bits per heavy atom. The molecule has 1 aromatic heterocycles. The van der Waals surface area contributed by atoms with E-state index in [-0.39, 0.29) is 36.1 Å². The first kappa shape index (κ1) is 30.1. The maximum atomic E-state index is 14.8. The van der Waals surface area contributed by atoms with Crippen LogP contribution < -0.4 is 20.7 Å². The predicted molar refractivity (Wildman–Crippen MR) is 160 cm³/mol. The van der Waals surface area contributed by atoms with Gasteiger partial charge in [0, 0.05) is 61.3 Å². The number of carbonyl (C=O) groups is 1. The van der Waals surface area contributed by atoms with Gasteiger partial charge in [0.2, 0.25) is 0 Å². The monoisotopic (exact) mass is 613 g/mol. The quantitative estimate of drug-likeness (QED) is 0.255. The molecule has 2 fully saturated rings. The number of nitrogens with one attached hydrogen (secondary N) is 3. The van der Waals surface area contributed by atoms with Crippen LogP contribution in [0.5, 0.6) is 5.75 Å². The van der Waals surface area contributed by atoms with Crippen LogP contribution in [0.25, 0.3) is 10.9 Å². The van der Waals surface area contributed by atoms with Crippen molar-refractivity contribution in [2.24, 2.45) is 5.92 Å². The molecule has 3 heterocycles. The second-order valence-corrected chi connectivity index (χ2v) is 11.7. The molecule has 234 valence electrons. The van der Waals surface area contributed by atoms with Crippen molar-refractivity contribution in [2.75, 3.05) is 58.1 Å². The minimum atomic E-state index is -4.46. The van der Waals surface area contributed by atoms with E-state index in [1.807, 2.05) is 11.9 Å². The summed E-state index contributed by atoms with van der Waals surface area (Å²) in [7, 11) is 5.07. The third-order valence-electron chi connectivity index (χ3n) is 8.66. The van der Waals surface area contributed by atoms with E-state index in [4.69, 9.17) is 9.47 Å². The summed E-state index contributed by atoms with van der Waals surface area (Å²) in [4.78, 5) is 14.5. The van der Waals surface area contributed by atoms with Crippen molar-refractivity contribution in [1.29, 1.82) is 0 Å². The molecule has 2 aliphatic heterocycles. The van der Waals surface area contributed by atoms with Gasteiger partial charge in [-0.05, 0) is 49.7 Å². The zero-order valence-corrected chi connectivity index (χ0v) is 24.7. The molecule has 1 amide bonds. The van der Waals surface area contributed by atoms with Gasteiger partial charge in [-0.15, -0.1) is 0 Å². The molecule has 0 spiro atoms. The number of methoxy groups -OCH3 is 1. The van der Waals surface area contributed by atoms with Gasteiger partial charge in [-0.1, -0.05) is 12.0 Å². The summed E-state index contributed by atoms with van der Waals surface area (Å²) in [6, 6.07) is 9.73. The van der Waals surface area contributed by atoms with E-state index in [9.17, 15) is 22.4 Å². The smallest absolute Gasteiger partial charge is 0.406 e. The first-order chi connectivity index (χ1) is 21.1. The van der Waals surface area contributed by atoms with Gasteiger partial charge in [0.05, 0.1) is 36.1 Å². The van der Waals surface area contributed by atoms with Crippen LogP contribution in [0, 0.1) is 17.8 Å². The molecular formula is C32H35F4N5O3. The lowest BCUT2D eigenvalue weighted by Crippen LogP contribution is -2.46. The highest BCUT2D eigenvalue weighted by atomic mass is 19.4. The normalized spacial score (nSPS) is 24.1. The number of aromatic nitrogens is 1. The standard InChI is InChI=1S/C32H35F4N5O3/c1-37-31(42)19-9-10-25(30-27(19)28-21(16-43-3)29(28)44-30)38-12-5-6-18-14-20-23(39-24-11-13-40(2)15-22(24)33)7-4-8-26(20)41(18)17-32(34,35)36/h4,7-10,14,21-22,24,28-29,38-39H,11-13,15-17H2,1-3H3,(H,37,42)/t21?,22-,24+,28?,29?/m0/s1. The first-order valence-corrected chi connectivity index (χ1v) is 14.6. The van der Waals surface area contributed by atoms with Crippen LogP contribution in [0.4, 0.5) is 28.9 Å². The predicted octanol–water partition coefficient (Wildman–Crippen LogP) is 4.60. The number of fused-ring (bicyclic) bond motifs is 4. The summed E-state index contributed by atoms with van der Waals surface area (Å²) in [5.74, 6) is 6.49. The number of alkyl halides is 4. The Hall–Kier alpha value is -3.95. The summed E-state index contributed by atoms with van der Waals surface area (Å²) in [6.07, 6.45) is -5.04. The van der Waals surface area contributed by atoms with E-state index in [1.54, 1.807) is 50.6 Å². The molecule has 8 nitrogen and oxygen atoms in total. The van der Waals surface area contributed by atoms with Crippen molar-refractivity contribution in [2.45, 2.75) is 43.4 Å².